The summed E-state index contributed by atoms with van der Waals surface area (Å²) in [6.07, 6.45) is 62.4. The van der Waals surface area contributed by atoms with Crippen LogP contribution in [0.4, 0.5) is 0 Å². The van der Waals surface area contributed by atoms with Crippen LogP contribution in [-0.4, -0.2) is 37.2 Å². The Kier molecular flexibility index (Phi) is 49.8. The number of rotatable bonds is 49. The molecule has 0 unspecified atom stereocenters. The molecule has 6 nitrogen and oxygen atoms in total. The summed E-state index contributed by atoms with van der Waals surface area (Å²) in [5.74, 6) is -0.881. The van der Waals surface area contributed by atoms with Gasteiger partial charge in [0, 0.05) is 19.3 Å². The summed E-state index contributed by atoms with van der Waals surface area (Å²) in [5.41, 5.74) is 0. The predicted octanol–water partition coefficient (Wildman–Crippen LogP) is 17.9. The maximum absolute atomic E-state index is 12.8. The quantitative estimate of drug-likeness (QED) is 0.0262. The molecule has 0 spiro atoms. The van der Waals surface area contributed by atoms with Crippen molar-refractivity contribution in [2.75, 3.05) is 13.2 Å². The van der Waals surface area contributed by atoms with Crippen molar-refractivity contribution >= 4 is 17.9 Å². The lowest BCUT2D eigenvalue weighted by Crippen LogP contribution is -2.30. The molecule has 0 aromatic carbocycles. The van der Waals surface area contributed by atoms with E-state index in [9.17, 15) is 14.4 Å². The molecule has 0 N–H and O–H groups in total. The van der Waals surface area contributed by atoms with Crippen LogP contribution in [0.5, 0.6) is 0 Å². The molecule has 0 radical (unpaired) electrons. The van der Waals surface area contributed by atoms with Crippen molar-refractivity contribution in [3.05, 3.63) is 48.6 Å². The first-order valence-corrected chi connectivity index (χ1v) is 27.1. The lowest BCUT2D eigenvalue weighted by molar-refractivity contribution is -0.167. The normalized spacial score (nSPS) is 12.4. The Morgan fingerprint density at radius 1 is 0.317 bits per heavy atom. The highest BCUT2D eigenvalue weighted by Crippen LogP contribution is 2.15. The second-order valence-electron chi connectivity index (χ2n) is 18.1. The van der Waals surface area contributed by atoms with Crippen molar-refractivity contribution < 1.29 is 28.6 Å². The van der Waals surface area contributed by atoms with Gasteiger partial charge in [-0.05, 0) is 83.5 Å². The minimum atomic E-state index is -0.775. The van der Waals surface area contributed by atoms with E-state index < -0.39 is 6.10 Å². The average Bonchev–Trinajstić information content (AvgIpc) is 3.28. The fourth-order valence-corrected chi connectivity index (χ4v) is 7.68. The molecule has 0 heterocycles. The van der Waals surface area contributed by atoms with Crippen LogP contribution in [0.3, 0.4) is 0 Å². The molecule has 1 atom stereocenters. The Hall–Kier alpha value is -2.63. The van der Waals surface area contributed by atoms with Gasteiger partial charge in [0.15, 0.2) is 6.10 Å². The van der Waals surface area contributed by atoms with E-state index in [4.69, 9.17) is 14.2 Å². The molecule has 0 bridgehead atoms. The van der Waals surface area contributed by atoms with E-state index in [0.29, 0.717) is 19.3 Å². The Labute approximate surface area is 390 Å². The SMILES string of the molecule is CCCCC/C=C\C/C=C\CCCCCCCCCCCC(=O)OC[C@@H](COC(=O)CCCCCCCCCCC)OC(=O)CCCCCCCCC/C=C\C/C=C\CCCCC. The highest BCUT2D eigenvalue weighted by Gasteiger charge is 2.19. The summed E-state index contributed by atoms with van der Waals surface area (Å²) >= 11 is 0. The van der Waals surface area contributed by atoms with E-state index >= 15 is 0 Å². The number of esters is 3. The molecule has 366 valence electrons. The van der Waals surface area contributed by atoms with Gasteiger partial charge in [0.2, 0.25) is 0 Å². The van der Waals surface area contributed by atoms with E-state index in [1.54, 1.807) is 0 Å². The van der Waals surface area contributed by atoms with Crippen LogP contribution >= 0.6 is 0 Å². The van der Waals surface area contributed by atoms with Gasteiger partial charge in [0.25, 0.3) is 0 Å². The summed E-state index contributed by atoms with van der Waals surface area (Å²) in [6, 6.07) is 0. The van der Waals surface area contributed by atoms with E-state index in [0.717, 1.165) is 77.0 Å². The second-order valence-corrected chi connectivity index (χ2v) is 18.1. The van der Waals surface area contributed by atoms with Gasteiger partial charge in [-0.3, -0.25) is 14.4 Å². The molecule has 0 aliphatic carbocycles. The van der Waals surface area contributed by atoms with Crippen LogP contribution in [0.15, 0.2) is 48.6 Å². The zero-order valence-electron chi connectivity index (χ0n) is 41.8. The van der Waals surface area contributed by atoms with E-state index in [2.05, 4.69) is 69.4 Å². The van der Waals surface area contributed by atoms with Crippen LogP contribution in [0, 0.1) is 0 Å². The fraction of sp³-hybridized carbons (Fsp3) is 0.807. The number of unbranched alkanes of at least 4 members (excludes halogenated alkanes) is 30. The number of ether oxygens (including phenoxy) is 3. The van der Waals surface area contributed by atoms with E-state index in [1.807, 2.05) is 0 Å². The zero-order valence-corrected chi connectivity index (χ0v) is 41.8. The standard InChI is InChI=1S/C57H102O6/c1-4-7-10-13-16-19-21-23-25-27-28-30-31-33-35-38-41-44-47-50-56(59)62-53-54(52-61-55(58)49-46-43-40-37-18-15-12-9-6-3)63-57(60)51-48-45-42-39-36-34-32-29-26-24-22-20-17-14-11-8-5-2/h16-17,19-20,23-26,54H,4-15,18,21-22,27-53H2,1-3H3/b19-16-,20-17-,25-23-,26-24-/t54-/m1/s1. The van der Waals surface area contributed by atoms with E-state index in [1.165, 1.54) is 161 Å². The number of hydrogen-bond acceptors (Lipinski definition) is 6. The summed E-state index contributed by atoms with van der Waals surface area (Å²) in [4.78, 5) is 38.0. The molecule has 0 aliphatic heterocycles. The summed E-state index contributed by atoms with van der Waals surface area (Å²) in [6.45, 7) is 6.58. The molecule has 63 heavy (non-hydrogen) atoms. The molecule has 0 amide bonds. The molecular formula is C57H102O6. The van der Waals surface area contributed by atoms with Gasteiger partial charge in [-0.1, -0.05) is 223 Å². The smallest absolute Gasteiger partial charge is 0.306 e. The van der Waals surface area contributed by atoms with E-state index in [-0.39, 0.29) is 31.1 Å². The fourth-order valence-electron chi connectivity index (χ4n) is 7.68. The molecule has 0 aromatic rings. The highest BCUT2D eigenvalue weighted by atomic mass is 16.6. The molecular weight excluding hydrogens is 781 g/mol. The van der Waals surface area contributed by atoms with Crippen LogP contribution in [0.25, 0.3) is 0 Å². The largest absolute Gasteiger partial charge is 0.462 e. The first-order chi connectivity index (χ1) is 31.0. The number of carbonyl (C=O) groups is 3. The first-order valence-electron chi connectivity index (χ1n) is 27.1. The van der Waals surface area contributed by atoms with Gasteiger partial charge < -0.3 is 14.2 Å². The maximum atomic E-state index is 12.8. The number of carbonyl (C=O) groups excluding carboxylic acids is 3. The summed E-state index contributed by atoms with van der Waals surface area (Å²) < 4.78 is 16.8. The summed E-state index contributed by atoms with van der Waals surface area (Å²) in [5, 5.41) is 0. The average molecular weight is 883 g/mol. The zero-order chi connectivity index (χ0) is 45.8. The Bertz CT molecular complexity index is 1110. The van der Waals surface area contributed by atoms with Gasteiger partial charge in [-0.15, -0.1) is 0 Å². The van der Waals surface area contributed by atoms with Gasteiger partial charge in [-0.25, -0.2) is 0 Å². The molecule has 0 aromatic heterocycles. The van der Waals surface area contributed by atoms with Crippen molar-refractivity contribution in [1.82, 2.24) is 0 Å². The number of allylic oxidation sites excluding steroid dienone is 8. The lowest BCUT2D eigenvalue weighted by Gasteiger charge is -2.18. The Morgan fingerprint density at radius 2 is 0.571 bits per heavy atom. The third kappa shape index (κ3) is 50.2. The molecule has 0 saturated carbocycles. The molecule has 0 fully saturated rings. The third-order valence-electron chi connectivity index (χ3n) is 11.8. The Balaban J connectivity index is 4.30. The molecule has 0 aliphatic rings. The molecule has 0 saturated heterocycles. The maximum Gasteiger partial charge on any atom is 0.306 e. The summed E-state index contributed by atoms with van der Waals surface area (Å²) in [7, 11) is 0. The van der Waals surface area contributed by atoms with Gasteiger partial charge >= 0.3 is 17.9 Å². The van der Waals surface area contributed by atoms with Crippen molar-refractivity contribution in [2.45, 2.75) is 284 Å². The Morgan fingerprint density at radius 3 is 0.905 bits per heavy atom. The van der Waals surface area contributed by atoms with Crippen molar-refractivity contribution in [3.8, 4) is 0 Å². The second kappa shape index (κ2) is 52.0. The third-order valence-corrected chi connectivity index (χ3v) is 11.8. The lowest BCUT2D eigenvalue weighted by atomic mass is 10.1. The van der Waals surface area contributed by atoms with Gasteiger partial charge in [-0.2, -0.15) is 0 Å². The topological polar surface area (TPSA) is 78.9 Å². The molecule has 6 heteroatoms. The van der Waals surface area contributed by atoms with Gasteiger partial charge in [0.1, 0.15) is 13.2 Å². The van der Waals surface area contributed by atoms with Crippen LogP contribution in [0.1, 0.15) is 278 Å². The molecule has 0 rings (SSSR count). The highest BCUT2D eigenvalue weighted by molar-refractivity contribution is 5.71. The predicted molar refractivity (Wildman–Crippen MR) is 270 cm³/mol. The van der Waals surface area contributed by atoms with Crippen molar-refractivity contribution in [2.24, 2.45) is 0 Å². The number of hydrogen-bond donors (Lipinski definition) is 0. The van der Waals surface area contributed by atoms with Crippen LogP contribution < -0.4 is 0 Å². The van der Waals surface area contributed by atoms with Crippen molar-refractivity contribution in [1.29, 1.82) is 0 Å². The van der Waals surface area contributed by atoms with Crippen molar-refractivity contribution in [3.63, 3.8) is 0 Å². The minimum Gasteiger partial charge on any atom is -0.462 e. The minimum absolute atomic E-state index is 0.0756. The van der Waals surface area contributed by atoms with Gasteiger partial charge in [0.05, 0.1) is 0 Å². The van der Waals surface area contributed by atoms with Crippen LogP contribution in [0.2, 0.25) is 0 Å². The van der Waals surface area contributed by atoms with Crippen LogP contribution in [-0.2, 0) is 28.6 Å². The first kappa shape index (κ1) is 60.4. The monoisotopic (exact) mass is 883 g/mol.